The van der Waals surface area contributed by atoms with Crippen molar-refractivity contribution < 1.29 is 0 Å². The molecule has 1 heteroatoms. The summed E-state index contributed by atoms with van der Waals surface area (Å²) in [6.07, 6.45) is 4.50. The van der Waals surface area contributed by atoms with Gasteiger partial charge in [-0.2, -0.15) is 0 Å². The van der Waals surface area contributed by atoms with Crippen molar-refractivity contribution in [3.63, 3.8) is 0 Å². The second-order valence-corrected chi connectivity index (χ2v) is 16.0. The van der Waals surface area contributed by atoms with Crippen LogP contribution < -0.4 is 0 Å². The molecule has 0 atom stereocenters. The Morgan fingerprint density at radius 3 is 1.76 bits per heavy atom. The van der Waals surface area contributed by atoms with Crippen LogP contribution in [0.5, 0.6) is 0 Å². The molecule has 276 valence electrons. The lowest BCUT2D eigenvalue weighted by Gasteiger charge is -2.23. The second kappa shape index (κ2) is 13.6. The Labute approximate surface area is 343 Å². The monoisotopic (exact) mass is 749 g/mol. The zero-order chi connectivity index (χ0) is 38.9. The van der Waals surface area contributed by atoms with Gasteiger partial charge < -0.3 is 4.57 Å². The summed E-state index contributed by atoms with van der Waals surface area (Å²) < 4.78 is 2.39. The molecule has 0 aliphatic heterocycles. The van der Waals surface area contributed by atoms with E-state index in [1.54, 1.807) is 0 Å². The van der Waals surface area contributed by atoms with Crippen LogP contribution in [0.25, 0.3) is 105 Å². The molecule has 0 spiro atoms. The minimum atomic E-state index is 0.995. The Balaban J connectivity index is 1.03. The van der Waals surface area contributed by atoms with Crippen molar-refractivity contribution in [3.05, 3.63) is 223 Å². The molecule has 0 saturated carbocycles. The predicted molar refractivity (Wildman–Crippen MR) is 252 cm³/mol. The molecular weight excluding hydrogens is 711 g/mol. The van der Waals surface area contributed by atoms with Gasteiger partial charge in [0.25, 0.3) is 0 Å². The Hall–Kier alpha value is -7.48. The van der Waals surface area contributed by atoms with E-state index in [2.05, 4.69) is 217 Å². The Bertz CT molecular complexity index is 3460. The van der Waals surface area contributed by atoms with Crippen LogP contribution in [-0.2, 0) is 6.42 Å². The molecule has 0 fully saturated rings. The molecule has 1 heterocycles. The first-order valence-corrected chi connectivity index (χ1v) is 20.7. The second-order valence-electron chi connectivity index (χ2n) is 16.0. The lowest BCUT2D eigenvalue weighted by molar-refractivity contribution is 1.01. The summed E-state index contributed by atoms with van der Waals surface area (Å²) >= 11 is 0. The molecule has 10 aromatic carbocycles. The molecule has 1 aliphatic rings. The van der Waals surface area contributed by atoms with Gasteiger partial charge in [0.1, 0.15) is 0 Å². The number of aromatic nitrogens is 1. The fraction of sp³-hybridized carbons (Fsp3) is 0.0345. The summed E-state index contributed by atoms with van der Waals surface area (Å²) in [5.74, 6) is 0. The maximum absolute atomic E-state index is 2.48. The molecule has 0 bridgehead atoms. The van der Waals surface area contributed by atoms with E-state index in [1.165, 1.54) is 110 Å². The standard InChI is InChI=1S/C58H39N/c1-3-14-40(15-4-1)56-37-45-18-8-12-22-55(45)59(56)48-30-27-38(28-31-48)42-29-32-52-54(36-42)57(41-16-5-2-6-17-41)50-20-10-11-21-51(50)58(52)46-26-24-43-35-53-44(33-47(43)34-46)25-23-39-13-7-9-19-49(39)53/h1-23,25,27-37H,24,26H2. The summed E-state index contributed by atoms with van der Waals surface area (Å²) in [6, 6.07) is 76.2. The summed E-state index contributed by atoms with van der Waals surface area (Å²) in [4.78, 5) is 0. The fourth-order valence-corrected chi connectivity index (χ4v) is 9.87. The van der Waals surface area contributed by atoms with Crippen molar-refractivity contribution in [3.8, 4) is 39.2 Å². The van der Waals surface area contributed by atoms with E-state index in [9.17, 15) is 0 Å². The van der Waals surface area contributed by atoms with E-state index >= 15 is 0 Å². The third-order valence-electron chi connectivity index (χ3n) is 12.6. The van der Waals surface area contributed by atoms with Crippen LogP contribution in [-0.4, -0.2) is 4.57 Å². The lowest BCUT2D eigenvalue weighted by atomic mass is 9.80. The number of aryl methyl sites for hydroxylation is 1. The van der Waals surface area contributed by atoms with Gasteiger partial charge in [-0.15, -0.1) is 0 Å². The molecule has 1 aliphatic carbocycles. The molecule has 0 saturated heterocycles. The highest BCUT2D eigenvalue weighted by atomic mass is 15.0. The molecule has 12 rings (SSSR count). The third kappa shape index (κ3) is 5.54. The molecule has 0 unspecified atom stereocenters. The van der Waals surface area contributed by atoms with E-state index in [0.717, 1.165) is 18.5 Å². The highest BCUT2D eigenvalue weighted by Gasteiger charge is 2.22. The average molecular weight is 750 g/mol. The van der Waals surface area contributed by atoms with Gasteiger partial charge in [0.15, 0.2) is 0 Å². The largest absolute Gasteiger partial charge is 0.309 e. The van der Waals surface area contributed by atoms with Crippen molar-refractivity contribution in [1.82, 2.24) is 4.57 Å². The molecule has 11 aromatic rings. The number of fused-ring (bicyclic) bond motifs is 7. The first kappa shape index (κ1) is 33.6. The smallest absolute Gasteiger partial charge is 0.0540 e. The van der Waals surface area contributed by atoms with Crippen molar-refractivity contribution in [1.29, 1.82) is 0 Å². The Morgan fingerprint density at radius 1 is 0.339 bits per heavy atom. The van der Waals surface area contributed by atoms with Crippen molar-refractivity contribution >= 4 is 65.6 Å². The van der Waals surface area contributed by atoms with Gasteiger partial charge in [0.2, 0.25) is 0 Å². The fourth-order valence-electron chi connectivity index (χ4n) is 9.87. The van der Waals surface area contributed by atoms with Crippen LogP contribution in [0.4, 0.5) is 0 Å². The summed E-state index contributed by atoms with van der Waals surface area (Å²) in [7, 11) is 0. The molecule has 1 aromatic heterocycles. The summed E-state index contributed by atoms with van der Waals surface area (Å²) in [6.45, 7) is 0. The topological polar surface area (TPSA) is 4.93 Å². The SMILES string of the molecule is C1=C(c2c3ccccc3c(-c3ccccc3)c3cc(-c4ccc(-n5c(-c6ccccc6)cc6ccccc65)cc4)ccc23)CCc2cc3c(ccc4ccccc43)cc21. The van der Waals surface area contributed by atoms with E-state index in [-0.39, 0.29) is 0 Å². The molecule has 59 heavy (non-hydrogen) atoms. The first-order chi connectivity index (χ1) is 29.2. The number of nitrogens with zero attached hydrogens (tertiary/aromatic N) is 1. The van der Waals surface area contributed by atoms with Crippen molar-refractivity contribution in [2.24, 2.45) is 0 Å². The van der Waals surface area contributed by atoms with Crippen LogP contribution in [0.2, 0.25) is 0 Å². The predicted octanol–water partition coefficient (Wildman–Crippen LogP) is 15.7. The molecule has 0 radical (unpaired) electrons. The van der Waals surface area contributed by atoms with Gasteiger partial charge in [-0.25, -0.2) is 0 Å². The maximum atomic E-state index is 2.48. The number of benzene rings is 10. The highest BCUT2D eigenvalue weighted by molar-refractivity contribution is 6.20. The normalized spacial score (nSPS) is 12.7. The minimum absolute atomic E-state index is 0.995. The zero-order valence-corrected chi connectivity index (χ0v) is 32.6. The van der Waals surface area contributed by atoms with Gasteiger partial charge in [-0.1, -0.05) is 170 Å². The van der Waals surface area contributed by atoms with Crippen molar-refractivity contribution in [2.75, 3.05) is 0 Å². The van der Waals surface area contributed by atoms with Gasteiger partial charge in [-0.3, -0.25) is 0 Å². The zero-order valence-electron chi connectivity index (χ0n) is 32.6. The average Bonchev–Trinajstić information content (AvgIpc) is 3.70. The Kier molecular flexibility index (Phi) is 7.74. The van der Waals surface area contributed by atoms with E-state index < -0.39 is 0 Å². The number of rotatable bonds is 5. The summed E-state index contributed by atoms with van der Waals surface area (Å²) in [5, 5.41) is 11.7. The third-order valence-corrected chi connectivity index (χ3v) is 12.6. The van der Waals surface area contributed by atoms with Crippen LogP contribution in [0.1, 0.15) is 23.1 Å². The molecule has 0 N–H and O–H groups in total. The summed E-state index contributed by atoms with van der Waals surface area (Å²) in [5.41, 5.74) is 15.2. The van der Waals surface area contributed by atoms with Gasteiger partial charge in [0.05, 0.1) is 11.2 Å². The first-order valence-electron chi connectivity index (χ1n) is 20.7. The number of hydrogen-bond donors (Lipinski definition) is 0. The maximum Gasteiger partial charge on any atom is 0.0540 e. The number of para-hydroxylation sites is 1. The minimum Gasteiger partial charge on any atom is -0.309 e. The molecule has 0 amide bonds. The van der Waals surface area contributed by atoms with Gasteiger partial charge in [-0.05, 0) is 148 Å². The van der Waals surface area contributed by atoms with Gasteiger partial charge >= 0.3 is 0 Å². The van der Waals surface area contributed by atoms with Crippen molar-refractivity contribution in [2.45, 2.75) is 12.8 Å². The number of allylic oxidation sites excluding steroid dienone is 1. The molecular formula is C58H39N. The Morgan fingerprint density at radius 2 is 0.966 bits per heavy atom. The quantitative estimate of drug-likeness (QED) is 0.122. The van der Waals surface area contributed by atoms with Crippen LogP contribution in [0, 0.1) is 0 Å². The van der Waals surface area contributed by atoms with Crippen LogP contribution in [0.15, 0.2) is 206 Å². The molecule has 1 nitrogen and oxygen atoms in total. The lowest BCUT2D eigenvalue weighted by Crippen LogP contribution is -2.01. The van der Waals surface area contributed by atoms with Gasteiger partial charge in [0, 0.05) is 11.1 Å². The highest BCUT2D eigenvalue weighted by Crippen LogP contribution is 2.46. The van der Waals surface area contributed by atoms with E-state index in [1.807, 2.05) is 0 Å². The van der Waals surface area contributed by atoms with E-state index in [4.69, 9.17) is 0 Å². The van der Waals surface area contributed by atoms with E-state index in [0.29, 0.717) is 0 Å². The van der Waals surface area contributed by atoms with Crippen LogP contribution in [0.3, 0.4) is 0 Å². The van der Waals surface area contributed by atoms with Crippen LogP contribution >= 0.6 is 0 Å². The number of hydrogen-bond acceptors (Lipinski definition) is 0.